The van der Waals surface area contributed by atoms with E-state index < -0.39 is 0 Å². The molecule has 0 saturated heterocycles. The van der Waals surface area contributed by atoms with E-state index in [1.807, 2.05) is 18.2 Å². The average molecular weight is 364 g/mol. The molecule has 0 atom stereocenters. The predicted octanol–water partition coefficient (Wildman–Crippen LogP) is 2.58. The van der Waals surface area contributed by atoms with E-state index in [0.717, 1.165) is 42.0 Å². The molecule has 1 amide bonds. The van der Waals surface area contributed by atoms with Gasteiger partial charge in [-0.25, -0.2) is 9.50 Å². The first kappa shape index (κ1) is 16.1. The summed E-state index contributed by atoms with van der Waals surface area (Å²) in [6.07, 6.45) is 5.95. The Morgan fingerprint density at radius 1 is 1.22 bits per heavy atom. The Balaban J connectivity index is 1.40. The van der Waals surface area contributed by atoms with Gasteiger partial charge in [-0.1, -0.05) is 6.07 Å². The van der Waals surface area contributed by atoms with E-state index in [4.69, 9.17) is 14.5 Å². The first-order chi connectivity index (χ1) is 13.2. The van der Waals surface area contributed by atoms with Crippen LogP contribution in [0.4, 0.5) is 0 Å². The fourth-order valence-electron chi connectivity index (χ4n) is 3.84. The first-order valence-electron chi connectivity index (χ1n) is 9.23. The van der Waals surface area contributed by atoms with Gasteiger partial charge in [-0.2, -0.15) is 5.10 Å². The third-order valence-corrected chi connectivity index (χ3v) is 5.31. The van der Waals surface area contributed by atoms with Crippen LogP contribution in [0.2, 0.25) is 0 Å². The quantitative estimate of drug-likeness (QED) is 0.773. The van der Waals surface area contributed by atoms with Gasteiger partial charge >= 0.3 is 0 Å². The number of carbonyl (C=O) groups excluding carboxylic acids is 1. The van der Waals surface area contributed by atoms with Gasteiger partial charge in [-0.3, -0.25) is 4.79 Å². The van der Waals surface area contributed by atoms with Crippen molar-refractivity contribution < 1.29 is 14.3 Å². The van der Waals surface area contributed by atoms with Crippen molar-refractivity contribution in [3.63, 3.8) is 0 Å². The van der Waals surface area contributed by atoms with Crippen molar-refractivity contribution in [2.45, 2.75) is 39.2 Å². The molecule has 2 aliphatic rings. The molecule has 1 aromatic carbocycles. The van der Waals surface area contributed by atoms with Crippen LogP contribution in [0, 0.1) is 6.92 Å². The average Bonchev–Trinajstić information content (AvgIpc) is 3.33. The Hall–Kier alpha value is -3.09. The number of aryl methyl sites for hydroxylation is 2. The highest BCUT2D eigenvalue weighted by molar-refractivity contribution is 5.99. The minimum absolute atomic E-state index is 0.176. The van der Waals surface area contributed by atoms with Gasteiger partial charge in [-0.15, -0.1) is 0 Å². The van der Waals surface area contributed by atoms with E-state index >= 15 is 0 Å². The zero-order valence-corrected chi connectivity index (χ0v) is 15.1. The molecule has 1 N–H and O–H groups in total. The van der Waals surface area contributed by atoms with Crippen LogP contribution in [0.3, 0.4) is 0 Å². The zero-order valence-electron chi connectivity index (χ0n) is 15.1. The van der Waals surface area contributed by atoms with Crippen LogP contribution < -0.4 is 14.8 Å². The van der Waals surface area contributed by atoms with E-state index in [-0.39, 0.29) is 12.7 Å². The number of nitrogens with zero attached hydrogens (tertiary/aromatic N) is 3. The molecule has 7 nitrogen and oxygen atoms in total. The van der Waals surface area contributed by atoms with Gasteiger partial charge in [0.1, 0.15) is 5.56 Å². The SMILES string of the molecule is Cc1c2c(nc3c(C(=O)NCc4ccc5c(c4)OCO5)cnn13)CCCC2. The van der Waals surface area contributed by atoms with Crippen LogP contribution in [0.25, 0.3) is 5.65 Å². The molecule has 0 saturated carbocycles. The Morgan fingerprint density at radius 3 is 3.00 bits per heavy atom. The van der Waals surface area contributed by atoms with Gasteiger partial charge < -0.3 is 14.8 Å². The Kier molecular flexibility index (Phi) is 3.74. The van der Waals surface area contributed by atoms with Crippen LogP contribution in [0.15, 0.2) is 24.4 Å². The number of hydrogen-bond donors (Lipinski definition) is 1. The monoisotopic (exact) mass is 364 g/mol. The minimum Gasteiger partial charge on any atom is -0.454 e. The van der Waals surface area contributed by atoms with E-state index in [0.29, 0.717) is 23.5 Å². The number of fused-ring (bicyclic) bond motifs is 3. The minimum atomic E-state index is -0.176. The summed E-state index contributed by atoms with van der Waals surface area (Å²) in [5.41, 5.74) is 5.57. The van der Waals surface area contributed by atoms with E-state index in [1.54, 1.807) is 10.7 Å². The van der Waals surface area contributed by atoms with Gasteiger partial charge in [0.2, 0.25) is 6.79 Å². The molecule has 1 aliphatic carbocycles. The lowest BCUT2D eigenvalue weighted by atomic mass is 9.95. The molecule has 3 heterocycles. The van der Waals surface area contributed by atoms with Crippen molar-refractivity contribution >= 4 is 11.6 Å². The summed E-state index contributed by atoms with van der Waals surface area (Å²) in [7, 11) is 0. The van der Waals surface area contributed by atoms with Gasteiger partial charge in [0.05, 0.1) is 6.20 Å². The van der Waals surface area contributed by atoms with Crippen LogP contribution in [0.5, 0.6) is 11.5 Å². The molecule has 2 aromatic heterocycles. The molecule has 0 unspecified atom stereocenters. The van der Waals surface area contributed by atoms with Gasteiger partial charge in [0, 0.05) is 17.9 Å². The number of ether oxygens (including phenoxy) is 2. The van der Waals surface area contributed by atoms with Gasteiger partial charge in [0.25, 0.3) is 5.91 Å². The second-order valence-electron chi connectivity index (χ2n) is 6.99. The number of hydrogen-bond acceptors (Lipinski definition) is 5. The lowest BCUT2D eigenvalue weighted by Gasteiger charge is -2.17. The second-order valence-corrected chi connectivity index (χ2v) is 6.99. The highest BCUT2D eigenvalue weighted by Crippen LogP contribution is 2.32. The van der Waals surface area contributed by atoms with E-state index in [9.17, 15) is 4.79 Å². The first-order valence-corrected chi connectivity index (χ1v) is 9.23. The number of rotatable bonds is 3. The van der Waals surface area contributed by atoms with E-state index in [2.05, 4.69) is 17.3 Å². The molecular formula is C20H20N4O3. The molecule has 0 spiro atoms. The maximum Gasteiger partial charge on any atom is 0.257 e. The summed E-state index contributed by atoms with van der Waals surface area (Å²) in [6, 6.07) is 5.66. The number of amides is 1. The number of carbonyl (C=O) groups is 1. The second kappa shape index (κ2) is 6.26. The lowest BCUT2D eigenvalue weighted by Crippen LogP contribution is -2.23. The van der Waals surface area contributed by atoms with Crippen LogP contribution >= 0.6 is 0 Å². The third kappa shape index (κ3) is 2.70. The molecule has 0 fully saturated rings. The smallest absolute Gasteiger partial charge is 0.257 e. The fourth-order valence-corrected chi connectivity index (χ4v) is 3.84. The topological polar surface area (TPSA) is 77.8 Å². The number of nitrogens with one attached hydrogen (secondary N) is 1. The summed E-state index contributed by atoms with van der Waals surface area (Å²) in [5.74, 6) is 1.27. The Labute approximate surface area is 156 Å². The molecular weight excluding hydrogens is 344 g/mol. The summed E-state index contributed by atoms with van der Waals surface area (Å²) in [6.45, 7) is 2.69. The normalized spacial score (nSPS) is 15.0. The van der Waals surface area contributed by atoms with Gasteiger partial charge in [0.15, 0.2) is 17.1 Å². The van der Waals surface area contributed by atoms with Crippen LogP contribution in [-0.4, -0.2) is 27.3 Å². The van der Waals surface area contributed by atoms with Crippen LogP contribution in [-0.2, 0) is 19.4 Å². The standard InChI is InChI=1S/C20H20N4O3/c1-12-14-4-2-3-5-16(14)23-19-15(10-22-24(12)19)20(25)21-9-13-6-7-17-18(8-13)27-11-26-17/h6-8,10H,2-5,9,11H2,1H3,(H,21,25). The Bertz CT molecular complexity index is 1060. The molecule has 7 heteroatoms. The van der Waals surface area contributed by atoms with Crippen molar-refractivity contribution in [2.24, 2.45) is 0 Å². The lowest BCUT2D eigenvalue weighted by molar-refractivity contribution is 0.0952. The summed E-state index contributed by atoms with van der Waals surface area (Å²) in [5, 5.41) is 7.36. The molecule has 0 bridgehead atoms. The molecule has 0 radical (unpaired) electrons. The van der Waals surface area contributed by atoms with Crippen molar-refractivity contribution in [2.75, 3.05) is 6.79 Å². The van der Waals surface area contributed by atoms with Crippen molar-refractivity contribution in [3.8, 4) is 11.5 Å². The van der Waals surface area contributed by atoms with Gasteiger partial charge in [-0.05, 0) is 55.9 Å². The van der Waals surface area contributed by atoms with Crippen LogP contribution in [0.1, 0.15) is 45.7 Å². The predicted molar refractivity (Wildman–Crippen MR) is 98.1 cm³/mol. The zero-order chi connectivity index (χ0) is 18.4. The maximum absolute atomic E-state index is 12.7. The number of benzene rings is 1. The summed E-state index contributed by atoms with van der Waals surface area (Å²) >= 11 is 0. The fraction of sp³-hybridized carbons (Fsp3) is 0.350. The molecule has 1 aliphatic heterocycles. The highest BCUT2D eigenvalue weighted by Gasteiger charge is 2.21. The summed E-state index contributed by atoms with van der Waals surface area (Å²) in [4.78, 5) is 17.5. The summed E-state index contributed by atoms with van der Waals surface area (Å²) < 4.78 is 12.5. The van der Waals surface area contributed by atoms with Crippen molar-refractivity contribution in [1.82, 2.24) is 19.9 Å². The number of aromatic nitrogens is 3. The molecule has 27 heavy (non-hydrogen) atoms. The van der Waals surface area contributed by atoms with Crippen molar-refractivity contribution in [1.29, 1.82) is 0 Å². The third-order valence-electron chi connectivity index (χ3n) is 5.31. The molecule has 5 rings (SSSR count). The highest BCUT2D eigenvalue weighted by atomic mass is 16.7. The molecule has 138 valence electrons. The Morgan fingerprint density at radius 2 is 2.07 bits per heavy atom. The largest absolute Gasteiger partial charge is 0.454 e. The van der Waals surface area contributed by atoms with E-state index in [1.165, 1.54) is 12.0 Å². The van der Waals surface area contributed by atoms with Crippen molar-refractivity contribution in [3.05, 3.63) is 52.5 Å². The molecule has 3 aromatic rings. The maximum atomic E-state index is 12.7.